The lowest BCUT2D eigenvalue weighted by Crippen LogP contribution is -2.43. The molecule has 1 saturated heterocycles. The molecule has 0 saturated carbocycles. The SMILES string of the molecule is CCCC1CCN(C(C)=O)[C@@H]1C(=O)OCC. The highest BCUT2D eigenvalue weighted by atomic mass is 16.5. The van der Waals surface area contributed by atoms with E-state index < -0.39 is 0 Å². The van der Waals surface area contributed by atoms with E-state index in [0.29, 0.717) is 13.2 Å². The number of likely N-dealkylation sites (tertiary alicyclic amines) is 1. The van der Waals surface area contributed by atoms with Crippen LogP contribution in [0.15, 0.2) is 0 Å². The highest BCUT2D eigenvalue weighted by molar-refractivity contribution is 5.84. The number of hydrogen-bond donors (Lipinski definition) is 0. The summed E-state index contributed by atoms with van der Waals surface area (Å²) in [6, 6.07) is -0.350. The summed E-state index contributed by atoms with van der Waals surface area (Å²) >= 11 is 0. The van der Waals surface area contributed by atoms with Gasteiger partial charge in [-0.05, 0) is 25.7 Å². The van der Waals surface area contributed by atoms with Crippen molar-refractivity contribution in [2.75, 3.05) is 13.2 Å². The number of rotatable bonds is 4. The maximum absolute atomic E-state index is 11.8. The summed E-state index contributed by atoms with van der Waals surface area (Å²) < 4.78 is 5.05. The Labute approximate surface area is 96.9 Å². The Hall–Kier alpha value is -1.06. The number of nitrogens with zero attached hydrogens (tertiary/aromatic N) is 1. The standard InChI is InChI=1S/C12H21NO3/c1-4-6-10-7-8-13(9(3)14)11(10)12(15)16-5-2/h10-11H,4-8H2,1-3H3/t10?,11-/m0/s1. The van der Waals surface area contributed by atoms with Crippen LogP contribution in [0.3, 0.4) is 0 Å². The van der Waals surface area contributed by atoms with E-state index in [1.807, 2.05) is 0 Å². The maximum atomic E-state index is 11.8. The van der Waals surface area contributed by atoms with Crippen molar-refractivity contribution in [2.24, 2.45) is 5.92 Å². The fourth-order valence-electron chi connectivity index (χ4n) is 2.43. The molecule has 4 heteroatoms. The number of amides is 1. The fraction of sp³-hybridized carbons (Fsp3) is 0.833. The molecule has 0 aromatic rings. The summed E-state index contributed by atoms with van der Waals surface area (Å²) in [6.45, 7) is 6.46. The van der Waals surface area contributed by atoms with Gasteiger partial charge in [0.1, 0.15) is 6.04 Å². The summed E-state index contributed by atoms with van der Waals surface area (Å²) in [4.78, 5) is 24.9. The van der Waals surface area contributed by atoms with E-state index in [0.717, 1.165) is 19.3 Å². The van der Waals surface area contributed by atoms with E-state index >= 15 is 0 Å². The first kappa shape index (κ1) is 13.0. The van der Waals surface area contributed by atoms with Crippen LogP contribution in [0.2, 0.25) is 0 Å². The minimum absolute atomic E-state index is 0.0309. The van der Waals surface area contributed by atoms with E-state index in [1.54, 1.807) is 11.8 Å². The van der Waals surface area contributed by atoms with Gasteiger partial charge in [-0.15, -0.1) is 0 Å². The number of ether oxygens (including phenoxy) is 1. The molecule has 1 amide bonds. The summed E-state index contributed by atoms with van der Waals surface area (Å²) in [5.74, 6) is -0.00161. The zero-order chi connectivity index (χ0) is 12.1. The lowest BCUT2D eigenvalue weighted by atomic mass is 9.95. The van der Waals surface area contributed by atoms with Crippen molar-refractivity contribution in [2.45, 2.75) is 46.1 Å². The molecule has 4 nitrogen and oxygen atoms in total. The fourth-order valence-corrected chi connectivity index (χ4v) is 2.43. The highest BCUT2D eigenvalue weighted by Gasteiger charge is 2.40. The van der Waals surface area contributed by atoms with Gasteiger partial charge in [-0.2, -0.15) is 0 Å². The first-order chi connectivity index (χ1) is 7.61. The summed E-state index contributed by atoms with van der Waals surface area (Å²) in [7, 11) is 0. The van der Waals surface area contributed by atoms with E-state index in [9.17, 15) is 9.59 Å². The van der Waals surface area contributed by atoms with Gasteiger partial charge in [0, 0.05) is 13.5 Å². The Morgan fingerprint density at radius 1 is 1.38 bits per heavy atom. The van der Waals surface area contributed by atoms with Gasteiger partial charge in [0.25, 0.3) is 0 Å². The largest absolute Gasteiger partial charge is 0.464 e. The van der Waals surface area contributed by atoms with Crippen LogP contribution in [-0.2, 0) is 14.3 Å². The molecule has 2 atom stereocenters. The average molecular weight is 227 g/mol. The van der Waals surface area contributed by atoms with Gasteiger partial charge in [-0.3, -0.25) is 4.79 Å². The first-order valence-electron chi connectivity index (χ1n) is 6.05. The van der Waals surface area contributed by atoms with Crippen LogP contribution in [0.25, 0.3) is 0 Å². The molecule has 0 aliphatic carbocycles. The van der Waals surface area contributed by atoms with Gasteiger partial charge in [0.15, 0.2) is 0 Å². The second-order valence-electron chi connectivity index (χ2n) is 4.25. The van der Waals surface area contributed by atoms with Crippen LogP contribution in [0, 0.1) is 5.92 Å². The predicted molar refractivity (Wildman–Crippen MR) is 60.8 cm³/mol. The van der Waals surface area contributed by atoms with Gasteiger partial charge in [0.2, 0.25) is 5.91 Å². The van der Waals surface area contributed by atoms with Crippen LogP contribution < -0.4 is 0 Å². The monoisotopic (exact) mass is 227 g/mol. The van der Waals surface area contributed by atoms with Crippen molar-refractivity contribution in [1.82, 2.24) is 4.90 Å². The molecule has 1 aliphatic heterocycles. The van der Waals surface area contributed by atoms with E-state index in [-0.39, 0.29) is 23.8 Å². The molecular weight excluding hydrogens is 206 g/mol. The lowest BCUT2D eigenvalue weighted by molar-refractivity contribution is -0.154. The Morgan fingerprint density at radius 2 is 2.06 bits per heavy atom. The third-order valence-corrected chi connectivity index (χ3v) is 3.12. The van der Waals surface area contributed by atoms with Crippen molar-refractivity contribution < 1.29 is 14.3 Å². The van der Waals surface area contributed by atoms with Gasteiger partial charge < -0.3 is 9.64 Å². The second kappa shape index (κ2) is 5.87. The van der Waals surface area contributed by atoms with E-state index in [1.165, 1.54) is 6.92 Å². The average Bonchev–Trinajstić information content (AvgIpc) is 2.62. The van der Waals surface area contributed by atoms with Crippen molar-refractivity contribution >= 4 is 11.9 Å². The van der Waals surface area contributed by atoms with Crippen molar-refractivity contribution in [1.29, 1.82) is 0 Å². The molecule has 92 valence electrons. The molecule has 1 aliphatic rings. The zero-order valence-corrected chi connectivity index (χ0v) is 10.4. The third kappa shape index (κ3) is 2.74. The van der Waals surface area contributed by atoms with Crippen LogP contribution in [0.5, 0.6) is 0 Å². The molecule has 16 heavy (non-hydrogen) atoms. The molecule has 1 heterocycles. The maximum Gasteiger partial charge on any atom is 0.329 e. The molecule has 0 aromatic carbocycles. The number of esters is 1. The molecule has 0 radical (unpaired) electrons. The molecule has 0 bridgehead atoms. The number of carbonyl (C=O) groups is 2. The van der Waals surface area contributed by atoms with Crippen molar-refractivity contribution in [3.05, 3.63) is 0 Å². The highest BCUT2D eigenvalue weighted by Crippen LogP contribution is 2.29. The zero-order valence-electron chi connectivity index (χ0n) is 10.4. The van der Waals surface area contributed by atoms with E-state index in [2.05, 4.69) is 6.92 Å². The van der Waals surface area contributed by atoms with Gasteiger partial charge in [0.05, 0.1) is 6.61 Å². The van der Waals surface area contributed by atoms with Crippen LogP contribution >= 0.6 is 0 Å². The molecule has 1 unspecified atom stereocenters. The number of hydrogen-bond acceptors (Lipinski definition) is 3. The van der Waals surface area contributed by atoms with Crippen molar-refractivity contribution in [3.63, 3.8) is 0 Å². The molecule has 1 rings (SSSR count). The van der Waals surface area contributed by atoms with Gasteiger partial charge in [-0.25, -0.2) is 4.79 Å². The molecule has 1 fully saturated rings. The van der Waals surface area contributed by atoms with Crippen LogP contribution in [-0.4, -0.2) is 36.0 Å². The third-order valence-electron chi connectivity index (χ3n) is 3.12. The summed E-state index contributed by atoms with van der Waals surface area (Å²) in [5, 5.41) is 0. The summed E-state index contributed by atoms with van der Waals surface area (Å²) in [5.41, 5.74) is 0. The normalized spacial score (nSPS) is 24.6. The molecule has 0 aromatic heterocycles. The number of carbonyl (C=O) groups excluding carboxylic acids is 2. The Balaban J connectivity index is 2.75. The van der Waals surface area contributed by atoms with Gasteiger partial charge in [-0.1, -0.05) is 13.3 Å². The molecule has 0 spiro atoms. The van der Waals surface area contributed by atoms with Crippen molar-refractivity contribution in [3.8, 4) is 0 Å². The minimum atomic E-state index is -0.350. The second-order valence-corrected chi connectivity index (χ2v) is 4.25. The lowest BCUT2D eigenvalue weighted by Gasteiger charge is -2.25. The Morgan fingerprint density at radius 3 is 2.56 bits per heavy atom. The quantitative estimate of drug-likeness (QED) is 0.685. The topological polar surface area (TPSA) is 46.6 Å². The predicted octanol–water partition coefficient (Wildman–Crippen LogP) is 1.59. The Kier molecular flexibility index (Phi) is 4.77. The first-order valence-corrected chi connectivity index (χ1v) is 6.05. The van der Waals surface area contributed by atoms with Crippen LogP contribution in [0.1, 0.15) is 40.0 Å². The Bertz CT molecular complexity index is 265. The van der Waals surface area contributed by atoms with Gasteiger partial charge >= 0.3 is 5.97 Å². The summed E-state index contributed by atoms with van der Waals surface area (Å²) in [6.07, 6.45) is 2.93. The smallest absolute Gasteiger partial charge is 0.329 e. The molecular formula is C12H21NO3. The van der Waals surface area contributed by atoms with Crippen LogP contribution in [0.4, 0.5) is 0 Å². The minimum Gasteiger partial charge on any atom is -0.464 e. The molecule has 0 N–H and O–H groups in total. The van der Waals surface area contributed by atoms with E-state index in [4.69, 9.17) is 4.74 Å².